The molecule has 18 heavy (non-hydrogen) atoms. The third kappa shape index (κ3) is 5.07. The lowest BCUT2D eigenvalue weighted by Gasteiger charge is -2.23. The molecule has 0 aromatic heterocycles. The van der Waals surface area contributed by atoms with Crippen molar-refractivity contribution >= 4 is 0 Å². The lowest BCUT2D eigenvalue weighted by Crippen LogP contribution is -2.36. The topological polar surface area (TPSA) is 30.5 Å². The van der Waals surface area contributed by atoms with Crippen molar-refractivity contribution in [1.29, 1.82) is 0 Å². The Morgan fingerprint density at radius 1 is 1.22 bits per heavy atom. The standard InChI is InChI=1S/C15H25NO2/c1-12(2)18-14-9-7-6-8-13(14)10-16-11-15(3,4)17-5/h6-9,12,16H,10-11H2,1-5H3. The van der Waals surface area contributed by atoms with E-state index in [1.165, 1.54) is 5.56 Å². The maximum absolute atomic E-state index is 5.78. The van der Waals surface area contributed by atoms with E-state index in [0.717, 1.165) is 18.8 Å². The van der Waals surface area contributed by atoms with Crippen molar-refractivity contribution in [2.45, 2.75) is 45.9 Å². The Kier molecular flexibility index (Phi) is 5.63. The van der Waals surface area contributed by atoms with E-state index in [1.54, 1.807) is 7.11 Å². The highest BCUT2D eigenvalue weighted by Gasteiger charge is 2.15. The molecule has 0 fully saturated rings. The first-order valence-electron chi connectivity index (χ1n) is 6.45. The summed E-state index contributed by atoms with van der Waals surface area (Å²) >= 11 is 0. The van der Waals surface area contributed by atoms with E-state index in [2.05, 4.69) is 25.2 Å². The van der Waals surface area contributed by atoms with Gasteiger partial charge in [0.2, 0.25) is 0 Å². The van der Waals surface area contributed by atoms with Gasteiger partial charge in [-0.1, -0.05) is 18.2 Å². The monoisotopic (exact) mass is 251 g/mol. The van der Waals surface area contributed by atoms with Crippen LogP contribution in [-0.4, -0.2) is 25.4 Å². The summed E-state index contributed by atoms with van der Waals surface area (Å²) in [6.07, 6.45) is 0.196. The van der Waals surface area contributed by atoms with Crippen LogP contribution in [0.2, 0.25) is 0 Å². The summed E-state index contributed by atoms with van der Waals surface area (Å²) in [6, 6.07) is 8.13. The van der Waals surface area contributed by atoms with Crippen molar-refractivity contribution in [3.8, 4) is 5.75 Å². The zero-order chi connectivity index (χ0) is 13.6. The fourth-order valence-electron chi connectivity index (χ4n) is 1.59. The van der Waals surface area contributed by atoms with E-state index in [-0.39, 0.29) is 11.7 Å². The second-order valence-corrected chi connectivity index (χ2v) is 5.34. The SMILES string of the molecule is COC(C)(C)CNCc1ccccc1OC(C)C. The van der Waals surface area contributed by atoms with E-state index in [1.807, 2.05) is 32.0 Å². The predicted octanol–water partition coefficient (Wildman–Crippen LogP) is 2.99. The average Bonchev–Trinajstić information content (AvgIpc) is 2.30. The van der Waals surface area contributed by atoms with Crippen LogP contribution < -0.4 is 10.1 Å². The molecule has 1 aromatic carbocycles. The van der Waals surface area contributed by atoms with Gasteiger partial charge in [-0.15, -0.1) is 0 Å². The number of hydrogen-bond donors (Lipinski definition) is 1. The van der Waals surface area contributed by atoms with Gasteiger partial charge in [0.1, 0.15) is 5.75 Å². The van der Waals surface area contributed by atoms with Crippen molar-refractivity contribution in [2.24, 2.45) is 0 Å². The van der Waals surface area contributed by atoms with Gasteiger partial charge in [-0.3, -0.25) is 0 Å². The molecule has 0 spiro atoms. The summed E-state index contributed by atoms with van der Waals surface area (Å²) in [5.74, 6) is 0.954. The van der Waals surface area contributed by atoms with E-state index >= 15 is 0 Å². The first-order valence-corrected chi connectivity index (χ1v) is 6.45. The number of ether oxygens (including phenoxy) is 2. The van der Waals surface area contributed by atoms with Gasteiger partial charge in [0, 0.05) is 25.8 Å². The highest BCUT2D eigenvalue weighted by molar-refractivity contribution is 5.33. The molecule has 1 rings (SSSR count). The van der Waals surface area contributed by atoms with Crippen LogP contribution in [0.3, 0.4) is 0 Å². The number of para-hydroxylation sites is 1. The summed E-state index contributed by atoms with van der Waals surface area (Å²) in [6.45, 7) is 9.80. The van der Waals surface area contributed by atoms with Gasteiger partial charge in [0.15, 0.2) is 0 Å². The molecule has 1 N–H and O–H groups in total. The van der Waals surface area contributed by atoms with Crippen molar-refractivity contribution in [1.82, 2.24) is 5.32 Å². The fraction of sp³-hybridized carbons (Fsp3) is 0.600. The third-order valence-electron chi connectivity index (χ3n) is 2.75. The van der Waals surface area contributed by atoms with Crippen LogP contribution in [0.5, 0.6) is 5.75 Å². The molecule has 0 unspecified atom stereocenters. The van der Waals surface area contributed by atoms with Crippen LogP contribution in [0.1, 0.15) is 33.3 Å². The highest BCUT2D eigenvalue weighted by Crippen LogP contribution is 2.19. The van der Waals surface area contributed by atoms with Crippen LogP contribution >= 0.6 is 0 Å². The summed E-state index contributed by atoms with van der Waals surface area (Å²) in [7, 11) is 1.73. The van der Waals surface area contributed by atoms with Gasteiger partial charge in [0.25, 0.3) is 0 Å². The molecule has 3 nitrogen and oxygen atoms in total. The van der Waals surface area contributed by atoms with Gasteiger partial charge in [0.05, 0.1) is 11.7 Å². The minimum Gasteiger partial charge on any atom is -0.491 e. The Bertz CT molecular complexity index is 361. The van der Waals surface area contributed by atoms with Crippen LogP contribution in [0.25, 0.3) is 0 Å². The van der Waals surface area contributed by atoms with Crippen LogP contribution in [0, 0.1) is 0 Å². The quantitative estimate of drug-likeness (QED) is 0.808. The maximum Gasteiger partial charge on any atom is 0.124 e. The Morgan fingerprint density at radius 2 is 1.89 bits per heavy atom. The predicted molar refractivity (Wildman–Crippen MR) is 75.0 cm³/mol. The number of nitrogens with one attached hydrogen (secondary N) is 1. The summed E-state index contributed by atoms with van der Waals surface area (Å²) in [5.41, 5.74) is 1.03. The van der Waals surface area contributed by atoms with E-state index in [4.69, 9.17) is 9.47 Å². The molecule has 0 aliphatic carbocycles. The second kappa shape index (κ2) is 6.76. The maximum atomic E-state index is 5.78. The first-order chi connectivity index (χ1) is 8.44. The number of benzene rings is 1. The fourth-order valence-corrected chi connectivity index (χ4v) is 1.59. The van der Waals surface area contributed by atoms with Crippen molar-refractivity contribution < 1.29 is 9.47 Å². The molecule has 0 atom stereocenters. The van der Waals surface area contributed by atoms with E-state index in [0.29, 0.717) is 0 Å². The molecular weight excluding hydrogens is 226 g/mol. The summed E-state index contributed by atoms with van der Waals surface area (Å²) in [4.78, 5) is 0. The number of hydrogen-bond acceptors (Lipinski definition) is 3. The lowest BCUT2D eigenvalue weighted by molar-refractivity contribution is 0.0230. The molecule has 102 valence electrons. The Hall–Kier alpha value is -1.06. The summed E-state index contributed by atoms with van der Waals surface area (Å²) in [5, 5.41) is 3.40. The molecular formula is C15H25NO2. The minimum atomic E-state index is -0.145. The summed E-state index contributed by atoms with van der Waals surface area (Å²) < 4.78 is 11.2. The molecule has 3 heteroatoms. The zero-order valence-electron chi connectivity index (χ0n) is 12.1. The second-order valence-electron chi connectivity index (χ2n) is 5.34. The van der Waals surface area contributed by atoms with Crippen molar-refractivity contribution in [3.63, 3.8) is 0 Å². The third-order valence-corrected chi connectivity index (χ3v) is 2.75. The Morgan fingerprint density at radius 3 is 2.50 bits per heavy atom. The van der Waals surface area contributed by atoms with Crippen LogP contribution in [0.15, 0.2) is 24.3 Å². The van der Waals surface area contributed by atoms with Crippen LogP contribution in [0.4, 0.5) is 0 Å². The molecule has 1 aromatic rings. The largest absolute Gasteiger partial charge is 0.491 e. The normalized spacial score (nSPS) is 11.9. The molecule has 0 amide bonds. The van der Waals surface area contributed by atoms with Gasteiger partial charge in [-0.25, -0.2) is 0 Å². The number of rotatable bonds is 7. The lowest BCUT2D eigenvalue weighted by atomic mass is 10.1. The smallest absolute Gasteiger partial charge is 0.124 e. The minimum absolute atomic E-state index is 0.145. The van der Waals surface area contributed by atoms with E-state index in [9.17, 15) is 0 Å². The number of methoxy groups -OCH3 is 1. The van der Waals surface area contributed by atoms with Crippen molar-refractivity contribution in [2.75, 3.05) is 13.7 Å². The molecule has 0 radical (unpaired) electrons. The molecule has 0 aliphatic rings. The molecule has 0 heterocycles. The Balaban J connectivity index is 2.56. The molecule has 0 bridgehead atoms. The highest BCUT2D eigenvalue weighted by atomic mass is 16.5. The molecule has 0 saturated heterocycles. The van der Waals surface area contributed by atoms with Gasteiger partial charge in [-0.2, -0.15) is 0 Å². The molecule has 0 aliphatic heterocycles. The van der Waals surface area contributed by atoms with Gasteiger partial charge >= 0.3 is 0 Å². The Labute approximate surface area is 110 Å². The van der Waals surface area contributed by atoms with Gasteiger partial charge < -0.3 is 14.8 Å². The first kappa shape index (κ1) is 15.0. The van der Waals surface area contributed by atoms with E-state index < -0.39 is 0 Å². The zero-order valence-corrected chi connectivity index (χ0v) is 12.1. The average molecular weight is 251 g/mol. The van der Waals surface area contributed by atoms with Gasteiger partial charge in [-0.05, 0) is 33.8 Å². The van der Waals surface area contributed by atoms with Crippen LogP contribution in [-0.2, 0) is 11.3 Å². The van der Waals surface area contributed by atoms with Crippen molar-refractivity contribution in [3.05, 3.63) is 29.8 Å². The molecule has 0 saturated carbocycles.